The van der Waals surface area contributed by atoms with E-state index < -0.39 is 17.7 Å². The predicted octanol–water partition coefficient (Wildman–Crippen LogP) is 3.59. The third-order valence-electron chi connectivity index (χ3n) is 4.52. The molecule has 0 radical (unpaired) electrons. The molecule has 0 unspecified atom stereocenters. The number of hydrogen-bond donors (Lipinski definition) is 2. The molecule has 1 aromatic carbocycles. The molecule has 0 bridgehead atoms. The summed E-state index contributed by atoms with van der Waals surface area (Å²) in [6, 6.07) is 7.50. The van der Waals surface area contributed by atoms with E-state index in [1.165, 1.54) is 31.6 Å². The van der Waals surface area contributed by atoms with Crippen molar-refractivity contribution in [3.63, 3.8) is 0 Å². The summed E-state index contributed by atoms with van der Waals surface area (Å²) >= 11 is 0. The van der Waals surface area contributed by atoms with Crippen LogP contribution < -0.4 is 5.32 Å². The number of amides is 1. The first-order chi connectivity index (χ1) is 12.5. The van der Waals surface area contributed by atoms with Crippen LogP contribution in [0.2, 0.25) is 0 Å². The van der Waals surface area contributed by atoms with E-state index in [9.17, 15) is 14.0 Å². The number of halogens is 1. The molecule has 3 aromatic rings. The third-order valence-corrected chi connectivity index (χ3v) is 4.52. The number of esters is 1. The van der Waals surface area contributed by atoms with Gasteiger partial charge in [-0.2, -0.15) is 0 Å². The lowest BCUT2D eigenvalue weighted by molar-refractivity contribution is -0.116. The average molecular weight is 354 g/mol. The highest BCUT2D eigenvalue weighted by molar-refractivity contribution is 6.08. The van der Waals surface area contributed by atoms with Crippen molar-refractivity contribution >= 4 is 17.6 Å². The van der Waals surface area contributed by atoms with Crippen molar-refractivity contribution in [2.45, 2.75) is 12.8 Å². The maximum atomic E-state index is 13.8. The number of rotatable bonds is 3. The van der Waals surface area contributed by atoms with Gasteiger partial charge in [0.25, 0.3) is 0 Å². The first-order valence-corrected chi connectivity index (χ1v) is 7.96. The van der Waals surface area contributed by atoms with Gasteiger partial charge in [-0.1, -0.05) is 0 Å². The van der Waals surface area contributed by atoms with Crippen LogP contribution in [0, 0.1) is 12.7 Å². The maximum absolute atomic E-state index is 13.8. The van der Waals surface area contributed by atoms with E-state index in [1.54, 1.807) is 19.1 Å². The monoisotopic (exact) mass is 354 g/mol. The van der Waals surface area contributed by atoms with Crippen LogP contribution in [-0.4, -0.2) is 24.0 Å². The number of nitrogens with one attached hydrogen (secondary N) is 2. The Morgan fingerprint density at radius 3 is 2.81 bits per heavy atom. The van der Waals surface area contributed by atoms with Gasteiger partial charge >= 0.3 is 5.97 Å². The Kier molecular flexibility index (Phi) is 3.64. The molecule has 1 aliphatic heterocycles. The zero-order valence-corrected chi connectivity index (χ0v) is 14.1. The van der Waals surface area contributed by atoms with Crippen molar-refractivity contribution < 1.29 is 23.1 Å². The topological polar surface area (TPSA) is 84.3 Å². The fourth-order valence-corrected chi connectivity index (χ4v) is 3.43. The molecule has 2 N–H and O–H groups in total. The van der Waals surface area contributed by atoms with Crippen molar-refractivity contribution in [3.8, 4) is 11.5 Å². The quantitative estimate of drug-likeness (QED) is 0.704. The number of carbonyl (C=O) groups is 2. The largest absolute Gasteiger partial charge is 0.465 e. The second-order valence-electron chi connectivity index (χ2n) is 6.04. The number of aromatic amines is 1. The van der Waals surface area contributed by atoms with E-state index in [1.807, 2.05) is 0 Å². The van der Waals surface area contributed by atoms with Gasteiger partial charge in [0, 0.05) is 16.9 Å². The molecule has 132 valence electrons. The Balaban J connectivity index is 2.01. The summed E-state index contributed by atoms with van der Waals surface area (Å²) in [6.07, 6.45) is 1.50. The number of hydrogen-bond acceptors (Lipinski definition) is 4. The summed E-state index contributed by atoms with van der Waals surface area (Å²) in [6.45, 7) is 1.71. The van der Waals surface area contributed by atoms with Gasteiger partial charge in [0.2, 0.25) is 5.91 Å². The van der Waals surface area contributed by atoms with Gasteiger partial charge in [-0.15, -0.1) is 0 Å². The van der Waals surface area contributed by atoms with Crippen LogP contribution in [-0.2, 0) is 9.53 Å². The zero-order valence-electron chi connectivity index (χ0n) is 14.1. The number of carbonyl (C=O) groups excluding carboxylic acids is 2. The molecule has 7 heteroatoms. The molecule has 0 spiro atoms. The van der Waals surface area contributed by atoms with Gasteiger partial charge in [-0.05, 0) is 42.8 Å². The van der Waals surface area contributed by atoms with Crippen molar-refractivity contribution in [1.82, 2.24) is 4.98 Å². The number of aryl methyl sites for hydroxylation is 1. The van der Waals surface area contributed by atoms with Crippen LogP contribution in [0.5, 0.6) is 0 Å². The van der Waals surface area contributed by atoms with Gasteiger partial charge < -0.3 is 19.5 Å². The molecule has 1 aliphatic rings. The average Bonchev–Trinajstić information content (AvgIpc) is 3.31. The number of furan rings is 1. The SMILES string of the molecule is COC(=O)c1c(C)[nH]c(-c2ccco2)c1[C@@H]1C(=O)Nc2ccc(F)cc21. The predicted molar refractivity (Wildman–Crippen MR) is 91.4 cm³/mol. The number of H-pyrrole nitrogens is 1. The van der Waals surface area contributed by atoms with E-state index >= 15 is 0 Å². The fraction of sp³-hybridized carbons (Fsp3) is 0.158. The molecular formula is C19H15FN2O4. The molecule has 26 heavy (non-hydrogen) atoms. The number of fused-ring (bicyclic) bond motifs is 1. The smallest absolute Gasteiger partial charge is 0.340 e. The van der Waals surface area contributed by atoms with Crippen LogP contribution in [0.1, 0.15) is 33.1 Å². The lowest BCUT2D eigenvalue weighted by Gasteiger charge is -2.12. The minimum Gasteiger partial charge on any atom is -0.465 e. The molecule has 6 nitrogen and oxygen atoms in total. The molecule has 0 fully saturated rings. The third kappa shape index (κ3) is 2.32. The van der Waals surface area contributed by atoms with Gasteiger partial charge in [0.1, 0.15) is 11.6 Å². The first kappa shape index (κ1) is 16.1. The summed E-state index contributed by atoms with van der Waals surface area (Å²) in [7, 11) is 1.27. The van der Waals surface area contributed by atoms with Crippen molar-refractivity contribution in [1.29, 1.82) is 0 Å². The Hall–Kier alpha value is -3.35. The van der Waals surface area contributed by atoms with Crippen molar-refractivity contribution in [2.24, 2.45) is 0 Å². The highest BCUT2D eigenvalue weighted by Crippen LogP contribution is 2.44. The first-order valence-electron chi connectivity index (χ1n) is 7.96. The maximum Gasteiger partial charge on any atom is 0.340 e. The van der Waals surface area contributed by atoms with Gasteiger partial charge in [0.05, 0.1) is 30.5 Å². The summed E-state index contributed by atoms with van der Waals surface area (Å²) < 4.78 is 24.2. The van der Waals surface area contributed by atoms with Crippen LogP contribution >= 0.6 is 0 Å². The zero-order chi connectivity index (χ0) is 18.4. The highest BCUT2D eigenvalue weighted by Gasteiger charge is 2.39. The van der Waals surface area contributed by atoms with Crippen LogP contribution in [0.3, 0.4) is 0 Å². The summed E-state index contributed by atoms with van der Waals surface area (Å²) in [5, 5.41) is 2.74. The number of methoxy groups -OCH3 is 1. The summed E-state index contributed by atoms with van der Waals surface area (Å²) in [5.74, 6) is -1.78. The van der Waals surface area contributed by atoms with Gasteiger partial charge in [-0.25, -0.2) is 9.18 Å². The Morgan fingerprint density at radius 2 is 2.12 bits per heavy atom. The standard InChI is InChI=1S/C19H15FN2O4/c1-9-14(19(24)25-2)16(17(21-9)13-4-3-7-26-13)15-11-8-10(20)5-6-12(11)22-18(15)23/h3-8,15,21H,1-2H3,(H,22,23)/t15-/m1/s1. The number of aromatic nitrogens is 1. The molecule has 1 atom stereocenters. The minimum absolute atomic E-state index is 0.246. The highest BCUT2D eigenvalue weighted by atomic mass is 19.1. The molecule has 3 heterocycles. The van der Waals surface area contributed by atoms with E-state index in [0.29, 0.717) is 34.0 Å². The number of ether oxygens (including phenoxy) is 1. The molecule has 2 aromatic heterocycles. The molecule has 0 aliphatic carbocycles. The lowest BCUT2D eigenvalue weighted by Crippen LogP contribution is -2.17. The van der Waals surface area contributed by atoms with E-state index in [-0.39, 0.29) is 11.5 Å². The van der Waals surface area contributed by atoms with Crippen LogP contribution in [0.4, 0.5) is 10.1 Å². The number of anilines is 1. The molecule has 0 saturated carbocycles. The molecule has 0 saturated heterocycles. The van der Waals surface area contributed by atoms with Gasteiger partial charge in [0.15, 0.2) is 0 Å². The Bertz CT molecular complexity index is 1020. The molecule has 1 amide bonds. The van der Waals surface area contributed by atoms with Crippen LogP contribution in [0.25, 0.3) is 11.5 Å². The van der Waals surface area contributed by atoms with E-state index in [2.05, 4.69) is 10.3 Å². The Labute approximate surface area is 148 Å². The molecular weight excluding hydrogens is 339 g/mol. The summed E-state index contributed by atoms with van der Waals surface area (Å²) in [4.78, 5) is 28.2. The van der Waals surface area contributed by atoms with Crippen molar-refractivity contribution in [3.05, 3.63) is 64.8 Å². The fourth-order valence-electron chi connectivity index (χ4n) is 3.43. The van der Waals surface area contributed by atoms with Crippen LogP contribution in [0.15, 0.2) is 41.0 Å². The number of benzene rings is 1. The normalized spacial score (nSPS) is 15.7. The minimum atomic E-state index is -0.861. The second kappa shape index (κ2) is 5.87. The summed E-state index contributed by atoms with van der Waals surface area (Å²) in [5.41, 5.74) is 2.66. The Morgan fingerprint density at radius 1 is 1.31 bits per heavy atom. The molecule has 4 rings (SSSR count). The van der Waals surface area contributed by atoms with Gasteiger partial charge in [-0.3, -0.25) is 4.79 Å². The van der Waals surface area contributed by atoms with E-state index in [0.717, 1.165) is 0 Å². The lowest BCUT2D eigenvalue weighted by atomic mass is 9.88. The van der Waals surface area contributed by atoms with Crippen molar-refractivity contribution in [2.75, 3.05) is 12.4 Å². The second-order valence-corrected chi connectivity index (χ2v) is 6.04. The van der Waals surface area contributed by atoms with E-state index in [4.69, 9.17) is 9.15 Å².